The van der Waals surface area contributed by atoms with Gasteiger partial charge in [0.15, 0.2) is 0 Å². The highest BCUT2D eigenvalue weighted by Gasteiger charge is 2.55. The van der Waals surface area contributed by atoms with E-state index in [1.165, 1.54) is 24.0 Å². The standard InChI is InChI=1S/C20H26O2/c1-12-10-17-15(14-5-4-13(22-3)11-16(12)14)8-9-20(2)18(17)6-7-19(20)21/h4-5,11-12,15,17-18H,6-10H2,1-3H3/t12-,15+,17+,18-,20-/m0/s1. The first-order chi connectivity index (χ1) is 10.5. The van der Waals surface area contributed by atoms with Gasteiger partial charge in [0.25, 0.3) is 0 Å². The van der Waals surface area contributed by atoms with Crippen molar-refractivity contribution in [1.82, 2.24) is 0 Å². The Morgan fingerprint density at radius 2 is 2.05 bits per heavy atom. The van der Waals surface area contributed by atoms with E-state index >= 15 is 0 Å². The average Bonchev–Trinajstić information content (AvgIpc) is 2.83. The first-order valence-electron chi connectivity index (χ1n) is 8.75. The summed E-state index contributed by atoms with van der Waals surface area (Å²) in [5, 5.41) is 0. The molecule has 2 nitrogen and oxygen atoms in total. The largest absolute Gasteiger partial charge is 0.497 e. The third-order valence-corrected chi connectivity index (χ3v) is 7.00. The number of methoxy groups -OCH3 is 1. The van der Waals surface area contributed by atoms with E-state index in [2.05, 4.69) is 32.0 Å². The van der Waals surface area contributed by atoms with Crippen LogP contribution in [0, 0.1) is 17.3 Å². The second kappa shape index (κ2) is 4.84. The molecule has 2 heteroatoms. The number of hydrogen-bond acceptors (Lipinski definition) is 2. The maximum atomic E-state index is 12.4. The molecule has 118 valence electrons. The molecule has 0 radical (unpaired) electrons. The molecule has 0 aromatic heterocycles. The fourth-order valence-electron chi connectivity index (χ4n) is 5.75. The highest BCUT2D eigenvalue weighted by atomic mass is 16.5. The summed E-state index contributed by atoms with van der Waals surface area (Å²) in [4.78, 5) is 12.4. The Hall–Kier alpha value is -1.31. The third-order valence-electron chi connectivity index (χ3n) is 7.00. The normalized spacial score (nSPS) is 39.9. The molecule has 2 fully saturated rings. The fourth-order valence-corrected chi connectivity index (χ4v) is 5.75. The van der Waals surface area contributed by atoms with Crippen molar-refractivity contribution in [3.05, 3.63) is 29.3 Å². The lowest BCUT2D eigenvalue weighted by molar-refractivity contribution is -0.129. The molecule has 4 rings (SSSR count). The molecule has 1 aromatic rings. The number of rotatable bonds is 1. The summed E-state index contributed by atoms with van der Waals surface area (Å²) in [6.07, 6.45) is 5.42. The van der Waals surface area contributed by atoms with Gasteiger partial charge in [-0.25, -0.2) is 0 Å². The van der Waals surface area contributed by atoms with Gasteiger partial charge >= 0.3 is 0 Å². The molecule has 0 bridgehead atoms. The van der Waals surface area contributed by atoms with E-state index in [1.807, 2.05) is 0 Å². The summed E-state index contributed by atoms with van der Waals surface area (Å²) in [6, 6.07) is 6.65. The van der Waals surface area contributed by atoms with Gasteiger partial charge in [-0.15, -0.1) is 0 Å². The third kappa shape index (κ3) is 1.82. The number of ether oxygens (including phenoxy) is 1. The Labute approximate surface area is 133 Å². The van der Waals surface area contributed by atoms with E-state index in [9.17, 15) is 4.79 Å². The zero-order valence-corrected chi connectivity index (χ0v) is 13.9. The van der Waals surface area contributed by atoms with Crippen molar-refractivity contribution in [3.63, 3.8) is 0 Å². The Balaban J connectivity index is 1.74. The lowest BCUT2D eigenvalue weighted by Crippen LogP contribution is -2.42. The molecule has 5 atom stereocenters. The van der Waals surface area contributed by atoms with Crippen molar-refractivity contribution in [3.8, 4) is 5.75 Å². The average molecular weight is 298 g/mol. The van der Waals surface area contributed by atoms with Crippen LogP contribution in [0.5, 0.6) is 5.75 Å². The minimum absolute atomic E-state index is 0.0230. The van der Waals surface area contributed by atoms with Gasteiger partial charge in [-0.2, -0.15) is 0 Å². The van der Waals surface area contributed by atoms with Crippen LogP contribution in [0.2, 0.25) is 0 Å². The molecule has 0 unspecified atom stereocenters. The van der Waals surface area contributed by atoms with Crippen molar-refractivity contribution in [2.24, 2.45) is 17.3 Å². The zero-order valence-electron chi connectivity index (χ0n) is 13.9. The Bertz CT molecular complexity index is 620. The van der Waals surface area contributed by atoms with Crippen LogP contribution < -0.4 is 4.74 Å². The molecule has 0 saturated heterocycles. The smallest absolute Gasteiger partial charge is 0.139 e. The van der Waals surface area contributed by atoms with Gasteiger partial charge in [-0.1, -0.05) is 19.9 Å². The van der Waals surface area contributed by atoms with E-state index in [0.717, 1.165) is 25.0 Å². The summed E-state index contributed by atoms with van der Waals surface area (Å²) in [5.74, 6) is 4.04. The first kappa shape index (κ1) is 14.3. The number of carbonyl (C=O) groups is 1. The van der Waals surface area contributed by atoms with E-state index in [4.69, 9.17) is 4.74 Å². The van der Waals surface area contributed by atoms with Crippen LogP contribution in [-0.4, -0.2) is 12.9 Å². The predicted molar refractivity (Wildman–Crippen MR) is 87.3 cm³/mol. The minimum atomic E-state index is -0.0230. The van der Waals surface area contributed by atoms with Gasteiger partial charge in [-0.3, -0.25) is 4.79 Å². The van der Waals surface area contributed by atoms with Crippen LogP contribution in [0.4, 0.5) is 0 Å². The summed E-state index contributed by atoms with van der Waals surface area (Å²) >= 11 is 0. The van der Waals surface area contributed by atoms with Crippen molar-refractivity contribution in [1.29, 1.82) is 0 Å². The highest BCUT2D eigenvalue weighted by molar-refractivity contribution is 5.87. The van der Waals surface area contributed by atoms with E-state index in [-0.39, 0.29) is 5.41 Å². The topological polar surface area (TPSA) is 26.3 Å². The maximum Gasteiger partial charge on any atom is 0.139 e. The number of carbonyl (C=O) groups excluding carboxylic acids is 1. The Kier molecular flexibility index (Phi) is 3.15. The molecule has 0 spiro atoms. The monoisotopic (exact) mass is 298 g/mol. The second-order valence-electron chi connectivity index (χ2n) is 7.93. The molecule has 22 heavy (non-hydrogen) atoms. The van der Waals surface area contributed by atoms with E-state index in [0.29, 0.717) is 29.5 Å². The number of benzene rings is 1. The number of hydrogen-bond donors (Lipinski definition) is 0. The van der Waals surface area contributed by atoms with Crippen LogP contribution in [0.15, 0.2) is 18.2 Å². The zero-order chi connectivity index (χ0) is 15.5. The predicted octanol–water partition coefficient (Wildman–Crippen LogP) is 4.68. The Morgan fingerprint density at radius 1 is 1.23 bits per heavy atom. The summed E-state index contributed by atoms with van der Waals surface area (Å²) < 4.78 is 5.42. The number of Topliss-reactive ketones (excluding diaryl/α,β-unsaturated/α-hetero) is 1. The van der Waals surface area contributed by atoms with Crippen molar-refractivity contribution in [2.45, 2.75) is 57.8 Å². The summed E-state index contributed by atoms with van der Waals surface area (Å²) in [6.45, 7) is 4.59. The first-order valence-corrected chi connectivity index (χ1v) is 8.75. The van der Waals surface area contributed by atoms with Crippen LogP contribution in [0.3, 0.4) is 0 Å². The van der Waals surface area contributed by atoms with E-state index < -0.39 is 0 Å². The van der Waals surface area contributed by atoms with Gasteiger partial charge in [0.05, 0.1) is 7.11 Å². The molecule has 0 heterocycles. The molecule has 0 amide bonds. The number of ketones is 1. The van der Waals surface area contributed by atoms with Crippen molar-refractivity contribution >= 4 is 5.78 Å². The van der Waals surface area contributed by atoms with Gasteiger partial charge in [-0.05, 0) is 72.6 Å². The quantitative estimate of drug-likeness (QED) is 0.752. The number of fused-ring (bicyclic) bond motifs is 5. The molecule has 3 aliphatic rings. The van der Waals surface area contributed by atoms with Crippen molar-refractivity contribution < 1.29 is 9.53 Å². The van der Waals surface area contributed by atoms with Gasteiger partial charge in [0.2, 0.25) is 0 Å². The second-order valence-corrected chi connectivity index (χ2v) is 7.93. The summed E-state index contributed by atoms with van der Waals surface area (Å²) in [7, 11) is 1.74. The molecular formula is C20H26O2. The molecule has 3 aliphatic carbocycles. The van der Waals surface area contributed by atoms with Gasteiger partial charge in [0.1, 0.15) is 11.5 Å². The van der Waals surface area contributed by atoms with Crippen molar-refractivity contribution in [2.75, 3.05) is 7.11 Å². The minimum Gasteiger partial charge on any atom is -0.497 e. The molecule has 2 saturated carbocycles. The summed E-state index contributed by atoms with van der Waals surface area (Å²) in [5.41, 5.74) is 2.99. The highest BCUT2D eigenvalue weighted by Crippen LogP contribution is 2.61. The van der Waals surface area contributed by atoms with Crippen LogP contribution in [0.25, 0.3) is 0 Å². The van der Waals surface area contributed by atoms with E-state index in [1.54, 1.807) is 7.11 Å². The van der Waals surface area contributed by atoms with Crippen LogP contribution in [-0.2, 0) is 4.79 Å². The van der Waals surface area contributed by atoms with Crippen LogP contribution in [0.1, 0.15) is 68.9 Å². The van der Waals surface area contributed by atoms with Gasteiger partial charge in [0, 0.05) is 11.8 Å². The SMILES string of the molecule is COc1ccc2c(c1)[C@@H](C)C[C@@H]1[C@@H]2CC[C@]2(C)C(=O)CC[C@@H]12. The molecule has 0 N–H and O–H groups in total. The fraction of sp³-hybridized carbons (Fsp3) is 0.650. The lowest BCUT2D eigenvalue weighted by Gasteiger charge is -2.49. The molecule has 0 aliphatic heterocycles. The van der Waals surface area contributed by atoms with Gasteiger partial charge < -0.3 is 4.74 Å². The molecular weight excluding hydrogens is 272 g/mol. The van der Waals surface area contributed by atoms with Crippen LogP contribution >= 0.6 is 0 Å². The maximum absolute atomic E-state index is 12.4. The molecule has 1 aromatic carbocycles. The Morgan fingerprint density at radius 3 is 2.82 bits per heavy atom. The lowest BCUT2D eigenvalue weighted by atomic mass is 9.54.